The molecule has 0 aliphatic carbocycles. The topological polar surface area (TPSA) is 105 Å². The lowest BCUT2D eigenvalue weighted by atomic mass is 9.93. The lowest BCUT2D eigenvalue weighted by molar-refractivity contribution is -0.138. The fourth-order valence-corrected chi connectivity index (χ4v) is 6.59. The van der Waals surface area contributed by atoms with Gasteiger partial charge in [0.05, 0.1) is 47.7 Å². The van der Waals surface area contributed by atoms with Gasteiger partial charge >= 0.3 is 11.9 Å². The highest BCUT2D eigenvalue weighted by Gasteiger charge is 2.35. The van der Waals surface area contributed by atoms with Gasteiger partial charge in [-0.1, -0.05) is 96.3 Å². The second-order valence-electron chi connectivity index (χ2n) is 10.9. The van der Waals surface area contributed by atoms with E-state index in [1.54, 1.807) is 61.9 Å². The molecule has 0 saturated heterocycles. The van der Waals surface area contributed by atoms with E-state index in [0.717, 1.165) is 16.7 Å². The van der Waals surface area contributed by atoms with Gasteiger partial charge in [-0.15, -0.1) is 0 Å². The minimum absolute atomic E-state index is 0.171. The van der Waals surface area contributed by atoms with Crippen LogP contribution in [-0.4, -0.2) is 36.8 Å². The molecule has 9 nitrogen and oxygen atoms in total. The first-order valence-corrected chi connectivity index (χ1v) is 16.6. The summed E-state index contributed by atoms with van der Waals surface area (Å²) < 4.78 is 24.5. The molecule has 0 saturated carbocycles. The molecule has 49 heavy (non-hydrogen) atoms. The third-order valence-corrected chi connectivity index (χ3v) is 8.84. The van der Waals surface area contributed by atoms with Crippen LogP contribution in [0.15, 0.2) is 118 Å². The highest BCUT2D eigenvalue weighted by Crippen LogP contribution is 2.36. The molecule has 1 aliphatic heterocycles. The zero-order chi connectivity index (χ0) is 34.3. The zero-order valence-electron chi connectivity index (χ0n) is 27.3. The monoisotopic (exact) mass is 674 g/mol. The molecule has 10 heteroatoms. The number of methoxy groups -OCH3 is 1. The number of hydrogen-bond donors (Lipinski definition) is 0. The van der Waals surface area contributed by atoms with Crippen LogP contribution in [0.25, 0.3) is 11.8 Å². The number of fused-ring (bicyclic) bond motifs is 1. The average Bonchev–Trinajstić information content (AvgIpc) is 3.45. The summed E-state index contributed by atoms with van der Waals surface area (Å²) in [6.07, 6.45) is 1.75. The van der Waals surface area contributed by atoms with Crippen molar-refractivity contribution in [1.82, 2.24) is 4.57 Å². The summed E-state index contributed by atoms with van der Waals surface area (Å²) in [7, 11) is 1.55. The molecular weight excluding hydrogens is 641 g/mol. The highest BCUT2D eigenvalue weighted by molar-refractivity contribution is 7.07. The third-order valence-electron chi connectivity index (χ3n) is 7.85. The Bertz CT molecular complexity index is 2190. The van der Waals surface area contributed by atoms with Crippen molar-refractivity contribution in [3.8, 4) is 11.5 Å². The molecule has 248 valence electrons. The van der Waals surface area contributed by atoms with Gasteiger partial charge in [0.2, 0.25) is 0 Å². The van der Waals surface area contributed by atoms with E-state index in [1.165, 1.54) is 11.3 Å². The Labute approximate surface area is 287 Å². The number of hydrogen-bond acceptors (Lipinski definition) is 9. The van der Waals surface area contributed by atoms with Gasteiger partial charge in [0.1, 0.15) is 6.61 Å². The molecule has 1 aliphatic rings. The first-order chi connectivity index (χ1) is 23.9. The van der Waals surface area contributed by atoms with Crippen molar-refractivity contribution in [2.24, 2.45) is 4.99 Å². The Hall–Kier alpha value is -5.74. The van der Waals surface area contributed by atoms with E-state index in [-0.39, 0.29) is 30.3 Å². The van der Waals surface area contributed by atoms with Crippen LogP contribution < -0.4 is 24.4 Å². The molecule has 4 aromatic carbocycles. The molecule has 2 heterocycles. The quantitative estimate of drug-likeness (QED) is 0.166. The summed E-state index contributed by atoms with van der Waals surface area (Å²) in [5.74, 6) is 0.0140. The number of rotatable bonds is 11. The van der Waals surface area contributed by atoms with Gasteiger partial charge in [0.15, 0.2) is 16.3 Å². The Morgan fingerprint density at radius 2 is 1.51 bits per heavy atom. The molecule has 0 spiro atoms. The fourth-order valence-electron chi connectivity index (χ4n) is 5.60. The third kappa shape index (κ3) is 6.95. The summed E-state index contributed by atoms with van der Waals surface area (Å²) in [5, 5.41) is 0. The fraction of sp³-hybridized carbons (Fsp3) is 0.179. The summed E-state index contributed by atoms with van der Waals surface area (Å²) in [6.45, 7) is 4.16. The van der Waals surface area contributed by atoms with Crippen molar-refractivity contribution < 1.29 is 28.5 Å². The van der Waals surface area contributed by atoms with Gasteiger partial charge in [-0.05, 0) is 49.2 Å². The number of carbonyl (C=O) groups is 2. The smallest absolute Gasteiger partial charge is 0.338 e. The number of benzene rings is 4. The number of nitrogens with zero attached hydrogens (tertiary/aromatic N) is 2. The summed E-state index contributed by atoms with van der Waals surface area (Å²) in [4.78, 5) is 45.4. The molecular formula is C39H34N2O7S. The van der Waals surface area contributed by atoms with Gasteiger partial charge < -0.3 is 18.9 Å². The van der Waals surface area contributed by atoms with Crippen molar-refractivity contribution >= 4 is 35.0 Å². The molecule has 1 atom stereocenters. The standard InChI is InChI=1S/C39H34N2O7S/c1-4-46-37(43)28-21-19-25(20-22-28)24-48-35-29(17-12-18-30(35)45-3)23-31-36(42)41-34(27-15-10-7-11-16-27)32(38(44)47-5-2)33(40-39(41)49-31)26-13-8-6-9-14-26/h6-23,34H,4-5,24H2,1-3H3/b31-23-/t34-/m1/s1. The van der Waals surface area contributed by atoms with Crippen molar-refractivity contribution in [3.05, 3.63) is 156 Å². The number of ether oxygens (including phenoxy) is 4. The van der Waals surface area contributed by atoms with E-state index in [0.29, 0.717) is 44.3 Å². The molecule has 0 unspecified atom stereocenters. The molecule has 0 amide bonds. The molecule has 0 bridgehead atoms. The van der Waals surface area contributed by atoms with E-state index in [1.807, 2.05) is 72.8 Å². The van der Waals surface area contributed by atoms with Crippen molar-refractivity contribution in [2.45, 2.75) is 26.5 Å². The normalized spacial score (nSPS) is 14.1. The Morgan fingerprint density at radius 3 is 2.18 bits per heavy atom. The van der Waals surface area contributed by atoms with Gasteiger partial charge in [-0.2, -0.15) is 0 Å². The van der Waals surface area contributed by atoms with Gasteiger partial charge in [0, 0.05) is 11.1 Å². The molecule has 0 fully saturated rings. The minimum Gasteiger partial charge on any atom is -0.493 e. The van der Waals surface area contributed by atoms with E-state index in [4.69, 9.17) is 23.9 Å². The zero-order valence-corrected chi connectivity index (χ0v) is 28.1. The number of esters is 2. The first-order valence-electron chi connectivity index (χ1n) is 15.8. The predicted molar refractivity (Wildman–Crippen MR) is 187 cm³/mol. The number of carbonyl (C=O) groups excluding carboxylic acids is 2. The maximum absolute atomic E-state index is 14.3. The number of para-hydroxylation sites is 1. The Balaban J connectivity index is 1.46. The van der Waals surface area contributed by atoms with Crippen LogP contribution in [0.5, 0.6) is 11.5 Å². The lowest BCUT2D eigenvalue weighted by Crippen LogP contribution is -2.40. The molecule has 1 aromatic heterocycles. The van der Waals surface area contributed by atoms with E-state index in [2.05, 4.69) is 0 Å². The highest BCUT2D eigenvalue weighted by atomic mass is 32.1. The maximum atomic E-state index is 14.3. The molecule has 5 aromatic rings. The van der Waals surface area contributed by atoms with Crippen LogP contribution in [-0.2, 0) is 20.9 Å². The van der Waals surface area contributed by atoms with Gasteiger partial charge in [-0.3, -0.25) is 9.36 Å². The lowest BCUT2D eigenvalue weighted by Gasteiger charge is -2.25. The summed E-state index contributed by atoms with van der Waals surface area (Å²) >= 11 is 1.23. The summed E-state index contributed by atoms with van der Waals surface area (Å²) in [5.41, 5.74) is 3.83. The second kappa shape index (κ2) is 15.0. The minimum atomic E-state index is -0.771. The first kappa shape index (κ1) is 33.2. The predicted octanol–water partition coefficient (Wildman–Crippen LogP) is 5.70. The van der Waals surface area contributed by atoms with Crippen molar-refractivity contribution in [3.63, 3.8) is 0 Å². The van der Waals surface area contributed by atoms with E-state index < -0.39 is 12.0 Å². The molecule has 6 rings (SSSR count). The molecule has 0 radical (unpaired) electrons. The SMILES string of the molecule is CCOC(=O)C1=C(c2ccccc2)N=c2s/c(=C\c3cccc(OC)c3OCc3ccc(C(=O)OCC)cc3)c(=O)n2[C@@H]1c1ccccc1. The van der Waals surface area contributed by atoms with Crippen LogP contribution in [0.1, 0.15) is 52.5 Å². The number of thiazole rings is 1. The Morgan fingerprint density at radius 1 is 0.837 bits per heavy atom. The Kier molecular flexibility index (Phi) is 10.2. The van der Waals surface area contributed by atoms with Crippen molar-refractivity contribution in [2.75, 3.05) is 20.3 Å². The van der Waals surface area contributed by atoms with Gasteiger partial charge in [-0.25, -0.2) is 14.6 Å². The average molecular weight is 675 g/mol. The van der Waals surface area contributed by atoms with Crippen molar-refractivity contribution in [1.29, 1.82) is 0 Å². The summed E-state index contributed by atoms with van der Waals surface area (Å²) in [6, 6.07) is 30.5. The maximum Gasteiger partial charge on any atom is 0.338 e. The number of aromatic nitrogens is 1. The van der Waals surface area contributed by atoms with Crippen LogP contribution in [0.4, 0.5) is 0 Å². The largest absolute Gasteiger partial charge is 0.493 e. The van der Waals surface area contributed by atoms with Crippen LogP contribution in [0, 0.1) is 0 Å². The van der Waals surface area contributed by atoms with E-state index in [9.17, 15) is 14.4 Å². The molecule has 0 N–H and O–H groups in total. The van der Waals surface area contributed by atoms with Crippen LogP contribution in [0.3, 0.4) is 0 Å². The van der Waals surface area contributed by atoms with Gasteiger partial charge in [0.25, 0.3) is 5.56 Å². The van der Waals surface area contributed by atoms with Crippen LogP contribution in [0.2, 0.25) is 0 Å². The van der Waals surface area contributed by atoms with Crippen LogP contribution >= 0.6 is 11.3 Å². The van der Waals surface area contributed by atoms with E-state index >= 15 is 0 Å². The second-order valence-corrected chi connectivity index (χ2v) is 11.9.